The Bertz CT molecular complexity index is 650. The first kappa shape index (κ1) is 19.0. The molecule has 2 aromatic carbocycles. The Morgan fingerprint density at radius 2 is 1.52 bits per heavy atom. The highest BCUT2D eigenvalue weighted by atomic mass is 16.6. The topological polar surface area (TPSA) is 49.8 Å². The van der Waals surface area contributed by atoms with Crippen molar-refractivity contribution in [2.24, 2.45) is 0 Å². The van der Waals surface area contributed by atoms with Crippen LogP contribution in [0.5, 0.6) is 0 Å². The molecule has 0 bridgehead atoms. The van der Waals surface area contributed by atoms with Gasteiger partial charge in [0.1, 0.15) is 5.60 Å². The molecule has 1 N–H and O–H groups in total. The van der Waals surface area contributed by atoms with Crippen LogP contribution in [0, 0.1) is 0 Å². The smallest absolute Gasteiger partial charge is 0.410 e. The standard InChI is InChI=1S/C21H27NO3/c1-21(2,3)25-20(24)22(15-18-12-8-5-9-13-18)19(16-23)14-17-10-6-4-7-11-17/h4-13,19,23H,14-16H2,1-3H3. The molecular weight excluding hydrogens is 314 g/mol. The SMILES string of the molecule is CC(C)(C)OC(=O)N(Cc1ccccc1)C(CO)Cc1ccccc1. The van der Waals surface area contributed by atoms with E-state index in [0.29, 0.717) is 13.0 Å². The van der Waals surface area contributed by atoms with Crippen LogP contribution in [-0.4, -0.2) is 34.3 Å². The van der Waals surface area contributed by atoms with Crippen LogP contribution in [0.4, 0.5) is 4.79 Å². The van der Waals surface area contributed by atoms with E-state index in [-0.39, 0.29) is 12.6 Å². The van der Waals surface area contributed by atoms with Crippen molar-refractivity contribution in [3.8, 4) is 0 Å². The average molecular weight is 341 g/mol. The van der Waals surface area contributed by atoms with E-state index < -0.39 is 11.7 Å². The molecule has 25 heavy (non-hydrogen) atoms. The molecule has 2 rings (SSSR count). The lowest BCUT2D eigenvalue weighted by Gasteiger charge is -2.33. The summed E-state index contributed by atoms with van der Waals surface area (Å²) in [6, 6.07) is 19.3. The number of hydrogen-bond donors (Lipinski definition) is 1. The number of benzene rings is 2. The van der Waals surface area contributed by atoms with Gasteiger partial charge in [-0.3, -0.25) is 4.90 Å². The highest BCUT2D eigenvalue weighted by molar-refractivity contribution is 5.68. The van der Waals surface area contributed by atoms with Gasteiger partial charge in [-0.05, 0) is 38.3 Å². The van der Waals surface area contributed by atoms with Gasteiger partial charge in [-0.2, -0.15) is 0 Å². The third-order valence-corrected chi connectivity index (χ3v) is 3.79. The van der Waals surface area contributed by atoms with Gasteiger partial charge in [0.15, 0.2) is 0 Å². The summed E-state index contributed by atoms with van der Waals surface area (Å²) in [7, 11) is 0. The van der Waals surface area contributed by atoms with Gasteiger partial charge < -0.3 is 9.84 Å². The van der Waals surface area contributed by atoms with E-state index in [2.05, 4.69) is 0 Å². The Morgan fingerprint density at radius 3 is 2.00 bits per heavy atom. The van der Waals surface area contributed by atoms with Crippen LogP contribution in [0.3, 0.4) is 0 Å². The third-order valence-electron chi connectivity index (χ3n) is 3.79. The highest BCUT2D eigenvalue weighted by Gasteiger charge is 2.28. The number of carbonyl (C=O) groups excluding carboxylic acids is 1. The van der Waals surface area contributed by atoms with E-state index in [1.807, 2.05) is 81.4 Å². The van der Waals surface area contributed by atoms with Gasteiger partial charge >= 0.3 is 6.09 Å². The largest absolute Gasteiger partial charge is 0.444 e. The summed E-state index contributed by atoms with van der Waals surface area (Å²) in [5, 5.41) is 9.93. The second kappa shape index (κ2) is 8.67. The molecule has 134 valence electrons. The molecule has 0 spiro atoms. The van der Waals surface area contributed by atoms with Crippen molar-refractivity contribution in [3.05, 3.63) is 71.8 Å². The number of aliphatic hydroxyl groups excluding tert-OH is 1. The predicted molar refractivity (Wildman–Crippen MR) is 99.2 cm³/mol. The fourth-order valence-electron chi connectivity index (χ4n) is 2.60. The first-order chi connectivity index (χ1) is 11.9. The summed E-state index contributed by atoms with van der Waals surface area (Å²) < 4.78 is 5.57. The van der Waals surface area contributed by atoms with Crippen molar-refractivity contribution in [3.63, 3.8) is 0 Å². The molecule has 0 radical (unpaired) electrons. The number of hydrogen-bond acceptors (Lipinski definition) is 3. The van der Waals surface area contributed by atoms with E-state index >= 15 is 0 Å². The fraction of sp³-hybridized carbons (Fsp3) is 0.381. The van der Waals surface area contributed by atoms with Gasteiger partial charge in [0.2, 0.25) is 0 Å². The Morgan fingerprint density at radius 1 is 1.00 bits per heavy atom. The number of rotatable bonds is 6. The van der Waals surface area contributed by atoms with Crippen LogP contribution in [-0.2, 0) is 17.7 Å². The average Bonchev–Trinajstić information content (AvgIpc) is 2.58. The maximum atomic E-state index is 12.7. The molecule has 0 fully saturated rings. The summed E-state index contributed by atoms with van der Waals surface area (Å²) >= 11 is 0. The molecule has 2 aromatic rings. The molecule has 1 unspecified atom stereocenters. The van der Waals surface area contributed by atoms with Crippen molar-refractivity contribution < 1.29 is 14.6 Å². The molecule has 0 saturated carbocycles. The third kappa shape index (κ3) is 6.24. The lowest BCUT2D eigenvalue weighted by molar-refractivity contribution is 0.00697. The van der Waals surface area contributed by atoms with Crippen LogP contribution >= 0.6 is 0 Å². The molecule has 1 atom stereocenters. The number of nitrogens with zero attached hydrogens (tertiary/aromatic N) is 1. The van der Waals surface area contributed by atoms with E-state index in [1.54, 1.807) is 4.90 Å². The molecule has 4 heteroatoms. The van der Waals surface area contributed by atoms with Crippen LogP contribution < -0.4 is 0 Å². The zero-order valence-electron chi connectivity index (χ0n) is 15.2. The van der Waals surface area contributed by atoms with Crippen LogP contribution in [0.2, 0.25) is 0 Å². The van der Waals surface area contributed by atoms with Crippen LogP contribution in [0.15, 0.2) is 60.7 Å². The minimum absolute atomic E-state index is 0.124. The minimum Gasteiger partial charge on any atom is -0.444 e. The normalized spacial score (nSPS) is 12.5. The first-order valence-electron chi connectivity index (χ1n) is 8.57. The fourth-order valence-corrected chi connectivity index (χ4v) is 2.60. The maximum Gasteiger partial charge on any atom is 0.410 e. The second-order valence-electron chi connectivity index (χ2n) is 7.12. The zero-order chi connectivity index (χ0) is 18.3. The Labute approximate surface area is 150 Å². The molecule has 4 nitrogen and oxygen atoms in total. The second-order valence-corrected chi connectivity index (χ2v) is 7.12. The summed E-state index contributed by atoms with van der Waals surface area (Å²) in [5.74, 6) is 0. The number of amides is 1. The molecule has 0 aliphatic rings. The first-order valence-corrected chi connectivity index (χ1v) is 8.57. The van der Waals surface area contributed by atoms with Gasteiger partial charge in [-0.1, -0.05) is 60.7 Å². The molecule has 0 aromatic heterocycles. The Kier molecular flexibility index (Phi) is 6.59. The molecule has 0 heterocycles. The Balaban J connectivity index is 2.22. The Hall–Kier alpha value is -2.33. The van der Waals surface area contributed by atoms with Gasteiger partial charge in [0.05, 0.1) is 12.6 Å². The molecule has 0 aliphatic heterocycles. The lowest BCUT2D eigenvalue weighted by atomic mass is 10.0. The monoisotopic (exact) mass is 341 g/mol. The quantitative estimate of drug-likeness (QED) is 0.863. The number of aliphatic hydroxyl groups is 1. The van der Waals surface area contributed by atoms with Gasteiger partial charge in [-0.25, -0.2) is 4.79 Å². The van der Waals surface area contributed by atoms with Crippen molar-refractivity contribution in [2.75, 3.05) is 6.61 Å². The summed E-state index contributed by atoms with van der Waals surface area (Å²) in [4.78, 5) is 14.4. The van der Waals surface area contributed by atoms with Crippen LogP contribution in [0.25, 0.3) is 0 Å². The van der Waals surface area contributed by atoms with Crippen molar-refractivity contribution in [2.45, 2.75) is 45.4 Å². The lowest BCUT2D eigenvalue weighted by Crippen LogP contribution is -2.45. The van der Waals surface area contributed by atoms with Crippen molar-refractivity contribution in [1.82, 2.24) is 4.90 Å². The van der Waals surface area contributed by atoms with Crippen LogP contribution in [0.1, 0.15) is 31.9 Å². The summed E-state index contributed by atoms with van der Waals surface area (Å²) in [5.41, 5.74) is 1.49. The van der Waals surface area contributed by atoms with Gasteiger partial charge in [-0.15, -0.1) is 0 Å². The molecule has 0 aliphatic carbocycles. The summed E-state index contributed by atoms with van der Waals surface area (Å²) in [6.07, 6.45) is 0.162. The maximum absolute atomic E-state index is 12.7. The van der Waals surface area contributed by atoms with Gasteiger partial charge in [0.25, 0.3) is 0 Å². The number of carbonyl (C=O) groups is 1. The van der Waals surface area contributed by atoms with Gasteiger partial charge in [0, 0.05) is 6.54 Å². The van der Waals surface area contributed by atoms with E-state index in [4.69, 9.17) is 4.74 Å². The zero-order valence-corrected chi connectivity index (χ0v) is 15.2. The minimum atomic E-state index is -0.585. The molecular formula is C21H27NO3. The van der Waals surface area contributed by atoms with E-state index in [1.165, 1.54) is 0 Å². The van der Waals surface area contributed by atoms with E-state index in [9.17, 15) is 9.90 Å². The number of ether oxygens (including phenoxy) is 1. The molecule has 1 amide bonds. The highest BCUT2D eigenvalue weighted by Crippen LogP contribution is 2.18. The predicted octanol–water partition coefficient (Wildman–Crippen LogP) is 4.03. The summed E-state index contributed by atoms with van der Waals surface area (Å²) in [6.45, 7) is 5.80. The molecule has 0 saturated heterocycles. The van der Waals surface area contributed by atoms with Crippen molar-refractivity contribution >= 4 is 6.09 Å². The van der Waals surface area contributed by atoms with Crippen molar-refractivity contribution in [1.29, 1.82) is 0 Å². The van der Waals surface area contributed by atoms with E-state index in [0.717, 1.165) is 11.1 Å².